The van der Waals surface area contributed by atoms with Crippen LogP contribution in [-0.2, 0) is 16.0 Å². The fourth-order valence-electron chi connectivity index (χ4n) is 2.47. The molecule has 1 fully saturated rings. The number of aryl methyl sites for hydroxylation is 1. The molecule has 1 aromatic carbocycles. The Kier molecular flexibility index (Phi) is 4.40. The summed E-state index contributed by atoms with van der Waals surface area (Å²) in [5.74, 6) is 0.924. The molecule has 0 spiro atoms. The van der Waals surface area contributed by atoms with Gasteiger partial charge in [-0.3, -0.25) is 4.79 Å². The van der Waals surface area contributed by atoms with Gasteiger partial charge in [-0.2, -0.15) is 4.98 Å². The summed E-state index contributed by atoms with van der Waals surface area (Å²) < 4.78 is 10.5. The number of nitrogens with zero attached hydrogens (tertiary/aromatic N) is 3. The van der Waals surface area contributed by atoms with Gasteiger partial charge in [0.1, 0.15) is 6.04 Å². The summed E-state index contributed by atoms with van der Waals surface area (Å²) in [5.41, 5.74) is 0.809. The van der Waals surface area contributed by atoms with Crippen LogP contribution >= 0.6 is 11.6 Å². The van der Waals surface area contributed by atoms with Crippen molar-refractivity contribution >= 4 is 17.5 Å². The van der Waals surface area contributed by atoms with Gasteiger partial charge in [0.25, 0.3) is 0 Å². The van der Waals surface area contributed by atoms with Gasteiger partial charge in [-0.15, -0.1) is 0 Å². The molecule has 1 unspecified atom stereocenters. The van der Waals surface area contributed by atoms with Crippen molar-refractivity contribution in [2.75, 3.05) is 19.8 Å². The van der Waals surface area contributed by atoms with Gasteiger partial charge in [0.2, 0.25) is 11.8 Å². The van der Waals surface area contributed by atoms with Gasteiger partial charge in [-0.05, 0) is 11.6 Å². The third kappa shape index (κ3) is 3.13. The number of aromatic nitrogens is 2. The summed E-state index contributed by atoms with van der Waals surface area (Å²) in [6.45, 7) is 3.09. The fourth-order valence-corrected chi connectivity index (χ4v) is 2.68. The smallest absolute Gasteiger partial charge is 0.227 e. The van der Waals surface area contributed by atoms with Crippen molar-refractivity contribution in [2.24, 2.45) is 0 Å². The molecule has 1 atom stereocenters. The van der Waals surface area contributed by atoms with E-state index in [0.717, 1.165) is 5.56 Å². The van der Waals surface area contributed by atoms with Crippen LogP contribution in [0.3, 0.4) is 0 Å². The highest BCUT2D eigenvalue weighted by molar-refractivity contribution is 6.31. The van der Waals surface area contributed by atoms with Crippen LogP contribution in [0.25, 0.3) is 0 Å². The second-order valence-corrected chi connectivity index (χ2v) is 5.52. The van der Waals surface area contributed by atoms with Crippen LogP contribution in [0.5, 0.6) is 0 Å². The third-order valence-corrected chi connectivity index (χ3v) is 3.96. The standard InChI is InChI=1S/C15H16ClN3O3/c1-10-17-15(18-22-10)13-9-21-7-6-19(13)14(20)8-11-4-2-3-5-12(11)16/h2-5,13H,6-9H2,1H3. The Morgan fingerprint density at radius 2 is 2.27 bits per heavy atom. The van der Waals surface area contributed by atoms with Crippen LogP contribution in [0.2, 0.25) is 5.02 Å². The van der Waals surface area contributed by atoms with Crippen LogP contribution in [-0.4, -0.2) is 40.7 Å². The summed E-state index contributed by atoms with van der Waals surface area (Å²) in [6.07, 6.45) is 0.243. The van der Waals surface area contributed by atoms with Crippen molar-refractivity contribution in [1.29, 1.82) is 0 Å². The number of benzene rings is 1. The average Bonchev–Trinajstić information content (AvgIpc) is 2.96. The normalized spacial score (nSPS) is 18.5. The highest BCUT2D eigenvalue weighted by Crippen LogP contribution is 2.24. The second-order valence-electron chi connectivity index (χ2n) is 5.12. The second kappa shape index (κ2) is 6.46. The van der Waals surface area contributed by atoms with Crippen molar-refractivity contribution < 1.29 is 14.1 Å². The molecule has 7 heteroatoms. The summed E-state index contributed by atoms with van der Waals surface area (Å²) in [4.78, 5) is 18.6. The van der Waals surface area contributed by atoms with Crippen molar-refractivity contribution in [3.63, 3.8) is 0 Å². The molecule has 1 aliphatic rings. The summed E-state index contributed by atoms with van der Waals surface area (Å²) in [6, 6.07) is 7.03. The van der Waals surface area contributed by atoms with Gasteiger partial charge in [-0.25, -0.2) is 0 Å². The molecular formula is C15H16ClN3O3. The molecular weight excluding hydrogens is 306 g/mol. The first kappa shape index (κ1) is 15.0. The molecule has 6 nitrogen and oxygen atoms in total. The summed E-state index contributed by atoms with van der Waals surface area (Å²) >= 11 is 6.13. The molecule has 0 aliphatic carbocycles. The predicted octanol–water partition coefficient (Wildman–Crippen LogP) is 2.17. The number of hydrogen-bond donors (Lipinski definition) is 0. The van der Waals surface area contributed by atoms with E-state index < -0.39 is 0 Å². The monoisotopic (exact) mass is 321 g/mol. The zero-order valence-corrected chi connectivity index (χ0v) is 12.9. The van der Waals surface area contributed by atoms with E-state index in [0.29, 0.717) is 36.5 Å². The van der Waals surface area contributed by atoms with Gasteiger partial charge in [0.05, 0.1) is 19.6 Å². The molecule has 1 aliphatic heterocycles. The number of amides is 1. The van der Waals surface area contributed by atoms with E-state index in [-0.39, 0.29) is 18.4 Å². The minimum Gasteiger partial charge on any atom is -0.377 e. The lowest BCUT2D eigenvalue weighted by molar-refractivity contribution is -0.139. The Balaban J connectivity index is 1.78. The minimum absolute atomic E-state index is 0.0242. The van der Waals surface area contributed by atoms with E-state index in [1.54, 1.807) is 17.9 Å². The molecule has 0 bridgehead atoms. The van der Waals surface area contributed by atoms with Crippen LogP contribution in [0, 0.1) is 6.92 Å². The van der Waals surface area contributed by atoms with Crippen molar-refractivity contribution in [3.8, 4) is 0 Å². The maximum atomic E-state index is 12.6. The van der Waals surface area contributed by atoms with E-state index in [4.69, 9.17) is 20.9 Å². The third-order valence-electron chi connectivity index (χ3n) is 3.59. The van der Waals surface area contributed by atoms with E-state index in [2.05, 4.69) is 10.1 Å². The van der Waals surface area contributed by atoms with Gasteiger partial charge in [0, 0.05) is 18.5 Å². The number of hydrogen-bond acceptors (Lipinski definition) is 5. The average molecular weight is 322 g/mol. The number of ether oxygens (including phenoxy) is 1. The number of rotatable bonds is 3. The fraction of sp³-hybridized carbons (Fsp3) is 0.400. The molecule has 1 saturated heterocycles. The first-order chi connectivity index (χ1) is 10.6. The quantitative estimate of drug-likeness (QED) is 0.866. The van der Waals surface area contributed by atoms with Gasteiger partial charge in [0.15, 0.2) is 5.82 Å². The SMILES string of the molecule is Cc1nc(C2COCCN2C(=O)Cc2ccccc2Cl)no1. The lowest BCUT2D eigenvalue weighted by Crippen LogP contribution is -2.44. The molecule has 2 heterocycles. The molecule has 0 N–H and O–H groups in total. The van der Waals surface area contributed by atoms with E-state index >= 15 is 0 Å². The number of morpholine rings is 1. The lowest BCUT2D eigenvalue weighted by atomic mass is 10.1. The van der Waals surface area contributed by atoms with Crippen LogP contribution in [0.4, 0.5) is 0 Å². The summed E-state index contributed by atoms with van der Waals surface area (Å²) in [5, 5.41) is 4.50. The number of carbonyl (C=O) groups is 1. The molecule has 1 amide bonds. The minimum atomic E-state index is -0.318. The van der Waals surface area contributed by atoms with E-state index in [9.17, 15) is 4.79 Å². The topological polar surface area (TPSA) is 68.5 Å². The highest BCUT2D eigenvalue weighted by Gasteiger charge is 2.32. The Hall–Kier alpha value is -1.92. The Bertz CT molecular complexity index is 674. The van der Waals surface area contributed by atoms with Crippen molar-refractivity contribution in [2.45, 2.75) is 19.4 Å². The molecule has 3 rings (SSSR count). The van der Waals surface area contributed by atoms with Crippen LogP contribution in [0.1, 0.15) is 23.3 Å². The zero-order valence-electron chi connectivity index (χ0n) is 12.2. The summed E-state index contributed by atoms with van der Waals surface area (Å²) in [7, 11) is 0. The molecule has 2 aromatic rings. The molecule has 0 radical (unpaired) electrons. The Labute approximate surface area is 133 Å². The lowest BCUT2D eigenvalue weighted by Gasteiger charge is -2.33. The first-order valence-electron chi connectivity index (χ1n) is 7.06. The largest absolute Gasteiger partial charge is 0.377 e. The maximum Gasteiger partial charge on any atom is 0.227 e. The Morgan fingerprint density at radius 1 is 1.45 bits per heavy atom. The van der Waals surface area contributed by atoms with Gasteiger partial charge >= 0.3 is 0 Å². The van der Waals surface area contributed by atoms with E-state index in [1.165, 1.54) is 0 Å². The van der Waals surface area contributed by atoms with Gasteiger partial charge < -0.3 is 14.2 Å². The molecule has 1 aromatic heterocycles. The molecule has 116 valence electrons. The highest BCUT2D eigenvalue weighted by atomic mass is 35.5. The van der Waals surface area contributed by atoms with E-state index in [1.807, 2.05) is 18.2 Å². The van der Waals surface area contributed by atoms with Crippen molar-refractivity contribution in [1.82, 2.24) is 15.0 Å². The zero-order chi connectivity index (χ0) is 15.5. The van der Waals surface area contributed by atoms with Gasteiger partial charge in [-0.1, -0.05) is 35.0 Å². The Morgan fingerprint density at radius 3 is 3.00 bits per heavy atom. The molecule has 22 heavy (non-hydrogen) atoms. The van der Waals surface area contributed by atoms with Crippen LogP contribution in [0.15, 0.2) is 28.8 Å². The predicted molar refractivity (Wildman–Crippen MR) is 79.5 cm³/mol. The maximum absolute atomic E-state index is 12.6. The van der Waals surface area contributed by atoms with Crippen LogP contribution < -0.4 is 0 Å². The number of carbonyl (C=O) groups excluding carboxylic acids is 1. The first-order valence-corrected chi connectivity index (χ1v) is 7.44. The molecule has 0 saturated carbocycles. The number of halogens is 1. The van der Waals surface area contributed by atoms with Crippen molar-refractivity contribution in [3.05, 3.63) is 46.6 Å².